The minimum atomic E-state index is -0.222. The molecule has 6 heteroatoms. The van der Waals surface area contributed by atoms with Crippen LogP contribution in [-0.4, -0.2) is 46.2 Å². The van der Waals surface area contributed by atoms with Crippen LogP contribution in [-0.2, 0) is 16.1 Å². The summed E-state index contributed by atoms with van der Waals surface area (Å²) in [4.78, 5) is 30.9. The van der Waals surface area contributed by atoms with Crippen molar-refractivity contribution in [1.29, 1.82) is 0 Å². The summed E-state index contributed by atoms with van der Waals surface area (Å²) < 4.78 is 6.99. The Morgan fingerprint density at radius 2 is 2.12 bits per heavy atom. The predicted octanol–water partition coefficient (Wildman–Crippen LogP) is 1.94. The Labute approximate surface area is 147 Å². The Hall–Kier alpha value is -2.47. The monoisotopic (exact) mass is 341 g/mol. The van der Waals surface area contributed by atoms with Crippen molar-refractivity contribution in [3.05, 3.63) is 53.1 Å². The third kappa shape index (κ3) is 4.33. The molecule has 2 aromatic rings. The molecule has 1 atom stereocenters. The smallest absolute Gasteiger partial charge is 0.254 e. The molecule has 132 valence electrons. The zero-order valence-electron chi connectivity index (χ0n) is 14.4. The molecular formula is C19H23N3O3. The van der Waals surface area contributed by atoms with E-state index in [1.54, 1.807) is 4.90 Å². The highest BCUT2D eigenvalue weighted by Gasteiger charge is 2.24. The third-order valence-electron chi connectivity index (χ3n) is 4.39. The summed E-state index contributed by atoms with van der Waals surface area (Å²) >= 11 is 0. The summed E-state index contributed by atoms with van der Waals surface area (Å²) in [5.74, 6) is -0.0687. The van der Waals surface area contributed by atoms with Gasteiger partial charge in [-0.25, -0.2) is 4.98 Å². The normalized spacial score (nSPS) is 17.5. The minimum absolute atomic E-state index is 0.0136. The van der Waals surface area contributed by atoms with Gasteiger partial charge in [0.05, 0.1) is 18.1 Å². The van der Waals surface area contributed by atoms with Crippen LogP contribution in [0.3, 0.4) is 0 Å². The van der Waals surface area contributed by atoms with Gasteiger partial charge in [0.25, 0.3) is 5.56 Å². The standard InChI is InChI=1S/C19H23N3O3/c1-2-25-16-9-6-10-21(12-16)19(24)13-22-14-20-17(11-18(22)23)15-7-4-3-5-8-15/h3-5,7-8,11,14,16H,2,6,9-10,12-13H2,1H3. The fourth-order valence-corrected chi connectivity index (χ4v) is 3.09. The first kappa shape index (κ1) is 17.4. The molecule has 1 aliphatic heterocycles. The van der Waals surface area contributed by atoms with Crippen LogP contribution in [0.1, 0.15) is 19.8 Å². The maximum absolute atomic E-state index is 12.5. The molecule has 1 aliphatic rings. The number of piperidine rings is 1. The van der Waals surface area contributed by atoms with Crippen LogP contribution in [0.15, 0.2) is 47.5 Å². The number of carbonyl (C=O) groups excluding carboxylic acids is 1. The highest BCUT2D eigenvalue weighted by atomic mass is 16.5. The molecule has 3 rings (SSSR count). The topological polar surface area (TPSA) is 64.4 Å². The van der Waals surface area contributed by atoms with Crippen molar-refractivity contribution in [2.75, 3.05) is 19.7 Å². The molecule has 1 unspecified atom stereocenters. The van der Waals surface area contributed by atoms with Gasteiger partial charge in [-0.15, -0.1) is 0 Å². The highest BCUT2D eigenvalue weighted by molar-refractivity contribution is 5.76. The first-order valence-corrected chi connectivity index (χ1v) is 8.68. The molecule has 0 radical (unpaired) electrons. The van der Waals surface area contributed by atoms with Gasteiger partial charge in [0.1, 0.15) is 6.54 Å². The summed E-state index contributed by atoms with van der Waals surface area (Å²) in [5, 5.41) is 0. The summed E-state index contributed by atoms with van der Waals surface area (Å²) in [5.41, 5.74) is 1.28. The molecule has 1 amide bonds. The van der Waals surface area contributed by atoms with Crippen LogP contribution >= 0.6 is 0 Å². The Morgan fingerprint density at radius 3 is 2.84 bits per heavy atom. The molecule has 1 aromatic heterocycles. The van der Waals surface area contributed by atoms with E-state index >= 15 is 0 Å². The largest absolute Gasteiger partial charge is 0.377 e. The van der Waals surface area contributed by atoms with E-state index in [4.69, 9.17) is 4.74 Å². The second kappa shape index (κ2) is 8.07. The zero-order valence-corrected chi connectivity index (χ0v) is 14.4. The lowest BCUT2D eigenvalue weighted by Gasteiger charge is -2.32. The number of hydrogen-bond acceptors (Lipinski definition) is 4. The van der Waals surface area contributed by atoms with Crippen molar-refractivity contribution in [3.63, 3.8) is 0 Å². The van der Waals surface area contributed by atoms with E-state index in [9.17, 15) is 9.59 Å². The average molecular weight is 341 g/mol. The van der Waals surface area contributed by atoms with Gasteiger partial charge in [-0.2, -0.15) is 0 Å². The highest BCUT2D eigenvalue weighted by Crippen LogP contribution is 2.15. The summed E-state index contributed by atoms with van der Waals surface area (Å²) in [6.07, 6.45) is 3.45. The minimum Gasteiger partial charge on any atom is -0.377 e. The molecule has 1 fully saturated rings. The first-order valence-electron chi connectivity index (χ1n) is 8.68. The van der Waals surface area contributed by atoms with Crippen LogP contribution < -0.4 is 5.56 Å². The number of likely N-dealkylation sites (tertiary alicyclic amines) is 1. The molecule has 25 heavy (non-hydrogen) atoms. The first-order chi connectivity index (χ1) is 12.2. The van der Waals surface area contributed by atoms with E-state index in [1.807, 2.05) is 37.3 Å². The number of ether oxygens (including phenoxy) is 1. The number of rotatable bonds is 5. The Bertz CT molecular complexity index is 771. The van der Waals surface area contributed by atoms with Gasteiger partial charge in [-0.3, -0.25) is 14.2 Å². The molecule has 1 saturated heterocycles. The number of nitrogens with zero attached hydrogens (tertiary/aromatic N) is 3. The van der Waals surface area contributed by atoms with Crippen LogP contribution in [0, 0.1) is 0 Å². The Kier molecular flexibility index (Phi) is 5.60. The lowest BCUT2D eigenvalue weighted by atomic mass is 10.1. The van der Waals surface area contributed by atoms with E-state index < -0.39 is 0 Å². The lowest BCUT2D eigenvalue weighted by Crippen LogP contribution is -2.45. The van der Waals surface area contributed by atoms with Gasteiger partial charge in [0, 0.05) is 31.3 Å². The molecule has 0 saturated carbocycles. The molecule has 0 N–H and O–H groups in total. The predicted molar refractivity (Wildman–Crippen MR) is 95.2 cm³/mol. The van der Waals surface area contributed by atoms with E-state index in [0.29, 0.717) is 25.4 Å². The molecule has 0 aliphatic carbocycles. The summed E-state index contributed by atoms with van der Waals surface area (Å²) in [6, 6.07) is 11.0. The average Bonchev–Trinajstić information content (AvgIpc) is 2.64. The number of carbonyl (C=O) groups is 1. The van der Waals surface area contributed by atoms with Gasteiger partial charge in [-0.05, 0) is 19.8 Å². The quantitative estimate of drug-likeness (QED) is 0.834. The van der Waals surface area contributed by atoms with Crippen molar-refractivity contribution in [3.8, 4) is 11.3 Å². The van der Waals surface area contributed by atoms with E-state index in [2.05, 4.69) is 4.98 Å². The molecule has 2 heterocycles. The maximum atomic E-state index is 12.5. The Morgan fingerprint density at radius 1 is 1.32 bits per heavy atom. The second-order valence-corrected chi connectivity index (χ2v) is 6.17. The molecule has 6 nitrogen and oxygen atoms in total. The van der Waals surface area contributed by atoms with Crippen molar-refractivity contribution < 1.29 is 9.53 Å². The van der Waals surface area contributed by atoms with Gasteiger partial charge < -0.3 is 9.64 Å². The van der Waals surface area contributed by atoms with Crippen molar-refractivity contribution in [2.45, 2.75) is 32.4 Å². The summed E-state index contributed by atoms with van der Waals surface area (Å²) in [7, 11) is 0. The number of amides is 1. The van der Waals surface area contributed by atoms with Crippen molar-refractivity contribution in [2.24, 2.45) is 0 Å². The Balaban J connectivity index is 1.68. The van der Waals surface area contributed by atoms with Crippen LogP contribution in [0.2, 0.25) is 0 Å². The van der Waals surface area contributed by atoms with Crippen LogP contribution in [0.25, 0.3) is 11.3 Å². The van der Waals surface area contributed by atoms with E-state index in [0.717, 1.165) is 18.4 Å². The van der Waals surface area contributed by atoms with Gasteiger partial charge in [0.15, 0.2) is 0 Å². The number of aromatic nitrogens is 2. The molecule has 0 spiro atoms. The fourth-order valence-electron chi connectivity index (χ4n) is 3.09. The molecule has 0 bridgehead atoms. The molecule has 1 aromatic carbocycles. The van der Waals surface area contributed by atoms with Gasteiger partial charge in [-0.1, -0.05) is 30.3 Å². The SMILES string of the molecule is CCOC1CCCN(C(=O)Cn2cnc(-c3ccccc3)cc2=O)C1. The maximum Gasteiger partial charge on any atom is 0.254 e. The second-order valence-electron chi connectivity index (χ2n) is 6.17. The zero-order chi connectivity index (χ0) is 17.6. The van der Waals surface area contributed by atoms with Gasteiger partial charge >= 0.3 is 0 Å². The van der Waals surface area contributed by atoms with Crippen molar-refractivity contribution >= 4 is 5.91 Å². The van der Waals surface area contributed by atoms with Crippen LogP contribution in [0.4, 0.5) is 0 Å². The van der Waals surface area contributed by atoms with E-state index in [-0.39, 0.29) is 24.1 Å². The number of hydrogen-bond donors (Lipinski definition) is 0. The fraction of sp³-hybridized carbons (Fsp3) is 0.421. The van der Waals surface area contributed by atoms with Crippen LogP contribution in [0.5, 0.6) is 0 Å². The van der Waals surface area contributed by atoms with E-state index in [1.165, 1.54) is 17.0 Å². The van der Waals surface area contributed by atoms with Crippen molar-refractivity contribution in [1.82, 2.24) is 14.5 Å². The molecular weight excluding hydrogens is 318 g/mol. The third-order valence-corrected chi connectivity index (χ3v) is 4.39. The number of benzene rings is 1. The lowest BCUT2D eigenvalue weighted by molar-refractivity contribution is -0.136. The van der Waals surface area contributed by atoms with Gasteiger partial charge in [0.2, 0.25) is 5.91 Å². The summed E-state index contributed by atoms with van der Waals surface area (Å²) in [6.45, 7) is 3.93.